The number of carbonyl (C=O) groups excluding carboxylic acids is 1. The summed E-state index contributed by atoms with van der Waals surface area (Å²) < 4.78 is 10.3. The summed E-state index contributed by atoms with van der Waals surface area (Å²) in [4.78, 5) is 16.2. The van der Waals surface area contributed by atoms with E-state index in [1.165, 1.54) is 13.3 Å². The zero-order valence-corrected chi connectivity index (χ0v) is 10.7. The number of ketones is 1. The topological polar surface area (TPSA) is 74.4 Å². The van der Waals surface area contributed by atoms with Gasteiger partial charge in [-0.2, -0.15) is 0 Å². The monoisotopic (exact) mass is 258 g/mol. The van der Waals surface area contributed by atoms with Crippen molar-refractivity contribution >= 4 is 11.5 Å². The van der Waals surface area contributed by atoms with E-state index in [4.69, 9.17) is 15.2 Å². The highest BCUT2D eigenvalue weighted by atomic mass is 16.5. The Bertz CT molecular complexity index is 611. The Morgan fingerprint density at radius 3 is 2.53 bits per heavy atom. The fraction of sp³-hybridized carbons (Fsp3) is 0.143. The second-order valence-corrected chi connectivity index (χ2v) is 3.86. The minimum absolute atomic E-state index is 0.202. The molecule has 5 heteroatoms. The molecule has 1 heterocycles. The standard InChI is InChI=1S/C14H14N2O3/c1-18-12-4-3-9(7-13(12)19-2)14(17)10-8-16-6-5-11(10)15/h3-8H,1-2H3,(H2,15,16). The molecule has 2 N–H and O–H groups in total. The summed E-state index contributed by atoms with van der Waals surface area (Å²) in [5.41, 5.74) is 7.01. The predicted octanol–water partition coefficient (Wildman–Crippen LogP) is 1.91. The molecule has 1 aromatic heterocycles. The van der Waals surface area contributed by atoms with Gasteiger partial charge in [-0.3, -0.25) is 9.78 Å². The highest BCUT2D eigenvalue weighted by Gasteiger charge is 2.15. The summed E-state index contributed by atoms with van der Waals surface area (Å²) in [5.74, 6) is 0.862. The lowest BCUT2D eigenvalue weighted by atomic mass is 10.0. The SMILES string of the molecule is COc1ccc(C(=O)c2cnccc2N)cc1OC. The molecule has 0 fully saturated rings. The van der Waals surface area contributed by atoms with Gasteiger partial charge in [-0.1, -0.05) is 0 Å². The minimum Gasteiger partial charge on any atom is -0.493 e. The maximum absolute atomic E-state index is 12.3. The van der Waals surface area contributed by atoms with Gasteiger partial charge in [-0.05, 0) is 24.3 Å². The van der Waals surface area contributed by atoms with Gasteiger partial charge in [0.05, 0.1) is 19.8 Å². The third-order valence-corrected chi connectivity index (χ3v) is 2.75. The number of pyridine rings is 1. The summed E-state index contributed by atoms with van der Waals surface area (Å²) in [6.07, 6.45) is 3.00. The number of hydrogen-bond acceptors (Lipinski definition) is 5. The van der Waals surface area contributed by atoms with Crippen molar-refractivity contribution in [2.75, 3.05) is 20.0 Å². The number of ether oxygens (including phenoxy) is 2. The average molecular weight is 258 g/mol. The lowest BCUT2D eigenvalue weighted by Gasteiger charge is -2.09. The maximum Gasteiger partial charge on any atom is 0.196 e. The van der Waals surface area contributed by atoms with Gasteiger partial charge in [0.2, 0.25) is 0 Å². The molecule has 0 amide bonds. The van der Waals surface area contributed by atoms with Crippen LogP contribution in [0.25, 0.3) is 0 Å². The molecule has 19 heavy (non-hydrogen) atoms. The lowest BCUT2D eigenvalue weighted by molar-refractivity contribution is 0.103. The Hall–Kier alpha value is -2.56. The van der Waals surface area contributed by atoms with E-state index in [1.54, 1.807) is 37.6 Å². The molecule has 0 spiro atoms. The molecule has 0 aliphatic carbocycles. The van der Waals surface area contributed by atoms with Crippen LogP contribution in [0.4, 0.5) is 5.69 Å². The molecule has 1 aromatic carbocycles. The quantitative estimate of drug-likeness (QED) is 0.848. The van der Waals surface area contributed by atoms with Crippen LogP contribution in [0.15, 0.2) is 36.7 Å². The van der Waals surface area contributed by atoms with Gasteiger partial charge in [0.15, 0.2) is 17.3 Å². The first-order valence-corrected chi connectivity index (χ1v) is 5.63. The molecule has 0 saturated carbocycles. The van der Waals surface area contributed by atoms with Crippen LogP contribution in [0.2, 0.25) is 0 Å². The average Bonchev–Trinajstić information content (AvgIpc) is 2.46. The second kappa shape index (κ2) is 5.39. The Kier molecular flexibility index (Phi) is 3.66. The van der Waals surface area contributed by atoms with Crippen molar-refractivity contribution in [1.29, 1.82) is 0 Å². The number of aromatic nitrogens is 1. The van der Waals surface area contributed by atoms with Crippen LogP contribution in [0, 0.1) is 0 Å². The van der Waals surface area contributed by atoms with Crippen molar-refractivity contribution in [2.24, 2.45) is 0 Å². The molecular weight excluding hydrogens is 244 g/mol. The Labute approximate surface area is 111 Å². The predicted molar refractivity (Wildman–Crippen MR) is 71.6 cm³/mol. The zero-order chi connectivity index (χ0) is 13.8. The van der Waals surface area contributed by atoms with E-state index < -0.39 is 0 Å². The fourth-order valence-corrected chi connectivity index (χ4v) is 1.73. The molecule has 0 saturated heterocycles. The molecule has 0 bridgehead atoms. The molecule has 5 nitrogen and oxygen atoms in total. The van der Waals surface area contributed by atoms with Gasteiger partial charge in [0.25, 0.3) is 0 Å². The first-order valence-electron chi connectivity index (χ1n) is 5.63. The number of nitrogens with zero attached hydrogens (tertiary/aromatic N) is 1. The largest absolute Gasteiger partial charge is 0.493 e. The van der Waals surface area contributed by atoms with Crippen molar-refractivity contribution in [3.8, 4) is 11.5 Å². The highest BCUT2D eigenvalue weighted by Crippen LogP contribution is 2.28. The van der Waals surface area contributed by atoms with Crippen molar-refractivity contribution < 1.29 is 14.3 Å². The molecule has 98 valence electrons. The van der Waals surface area contributed by atoms with E-state index >= 15 is 0 Å². The molecular formula is C14H14N2O3. The van der Waals surface area contributed by atoms with Crippen LogP contribution >= 0.6 is 0 Å². The van der Waals surface area contributed by atoms with Crippen LogP contribution in [-0.4, -0.2) is 25.0 Å². The Morgan fingerprint density at radius 2 is 1.89 bits per heavy atom. The van der Waals surface area contributed by atoms with Crippen LogP contribution in [-0.2, 0) is 0 Å². The van der Waals surface area contributed by atoms with Gasteiger partial charge in [-0.25, -0.2) is 0 Å². The first-order chi connectivity index (χ1) is 9.17. The van der Waals surface area contributed by atoms with Crippen molar-refractivity contribution in [3.05, 3.63) is 47.8 Å². The van der Waals surface area contributed by atoms with Gasteiger partial charge < -0.3 is 15.2 Å². The number of anilines is 1. The molecule has 2 rings (SSSR count). The number of nitrogens with two attached hydrogens (primary N) is 1. The minimum atomic E-state index is -0.202. The second-order valence-electron chi connectivity index (χ2n) is 3.86. The number of rotatable bonds is 4. The van der Waals surface area contributed by atoms with Crippen molar-refractivity contribution in [1.82, 2.24) is 4.98 Å². The number of benzene rings is 1. The summed E-state index contributed by atoms with van der Waals surface area (Å²) in [7, 11) is 3.06. The van der Waals surface area contributed by atoms with Crippen LogP contribution in [0.5, 0.6) is 11.5 Å². The van der Waals surface area contributed by atoms with Crippen LogP contribution < -0.4 is 15.2 Å². The fourth-order valence-electron chi connectivity index (χ4n) is 1.73. The third-order valence-electron chi connectivity index (χ3n) is 2.75. The van der Waals surface area contributed by atoms with Crippen LogP contribution in [0.1, 0.15) is 15.9 Å². The number of nitrogen functional groups attached to an aromatic ring is 1. The summed E-state index contributed by atoms with van der Waals surface area (Å²) in [6, 6.07) is 6.55. The Balaban J connectivity index is 2.42. The third kappa shape index (κ3) is 2.49. The van der Waals surface area contributed by atoms with Gasteiger partial charge in [0, 0.05) is 23.6 Å². The lowest BCUT2D eigenvalue weighted by Crippen LogP contribution is -2.06. The van der Waals surface area contributed by atoms with Crippen LogP contribution in [0.3, 0.4) is 0 Å². The molecule has 2 aromatic rings. The molecule has 0 aliphatic rings. The van der Waals surface area contributed by atoms with E-state index in [0.29, 0.717) is 28.3 Å². The van der Waals surface area contributed by atoms with Crippen molar-refractivity contribution in [3.63, 3.8) is 0 Å². The summed E-state index contributed by atoms with van der Waals surface area (Å²) in [5, 5.41) is 0. The maximum atomic E-state index is 12.3. The number of hydrogen-bond donors (Lipinski definition) is 1. The number of methoxy groups -OCH3 is 2. The molecule has 0 unspecified atom stereocenters. The van der Waals surface area contributed by atoms with Crippen molar-refractivity contribution in [2.45, 2.75) is 0 Å². The zero-order valence-electron chi connectivity index (χ0n) is 10.7. The van der Waals surface area contributed by atoms with E-state index in [9.17, 15) is 4.79 Å². The van der Waals surface area contributed by atoms with Gasteiger partial charge in [0.1, 0.15) is 0 Å². The van der Waals surface area contributed by atoms with E-state index in [-0.39, 0.29) is 5.78 Å². The summed E-state index contributed by atoms with van der Waals surface area (Å²) in [6.45, 7) is 0. The molecule has 0 aliphatic heterocycles. The number of carbonyl (C=O) groups is 1. The normalized spacial score (nSPS) is 10.0. The van der Waals surface area contributed by atoms with E-state index in [1.807, 2.05) is 0 Å². The Morgan fingerprint density at radius 1 is 1.16 bits per heavy atom. The van der Waals surface area contributed by atoms with Gasteiger partial charge >= 0.3 is 0 Å². The molecule has 0 atom stereocenters. The highest BCUT2D eigenvalue weighted by molar-refractivity contribution is 6.12. The summed E-state index contributed by atoms with van der Waals surface area (Å²) >= 11 is 0. The van der Waals surface area contributed by atoms with E-state index in [0.717, 1.165) is 0 Å². The molecule has 0 radical (unpaired) electrons. The van der Waals surface area contributed by atoms with Gasteiger partial charge in [-0.15, -0.1) is 0 Å². The smallest absolute Gasteiger partial charge is 0.196 e. The first kappa shape index (κ1) is 12.9. The van der Waals surface area contributed by atoms with E-state index in [2.05, 4.69) is 4.98 Å².